The summed E-state index contributed by atoms with van der Waals surface area (Å²) in [5.41, 5.74) is 3.51. The summed E-state index contributed by atoms with van der Waals surface area (Å²) < 4.78 is 0. The predicted molar refractivity (Wildman–Crippen MR) is 157 cm³/mol. The predicted octanol–water partition coefficient (Wildman–Crippen LogP) is 6.29. The molecule has 3 atom stereocenters. The molecule has 2 aliphatic heterocycles. The molecule has 210 valence electrons. The molecule has 5 nitrogen and oxygen atoms in total. The molecule has 1 amide bonds. The summed E-state index contributed by atoms with van der Waals surface area (Å²) in [5.74, 6) is 3.53. The van der Waals surface area contributed by atoms with E-state index in [1.165, 1.54) is 108 Å². The van der Waals surface area contributed by atoms with Gasteiger partial charge in [0.25, 0.3) is 5.91 Å². The summed E-state index contributed by atoms with van der Waals surface area (Å²) in [4.78, 5) is 22.3. The van der Waals surface area contributed by atoms with Gasteiger partial charge in [-0.25, -0.2) is 0 Å². The number of benzene rings is 1. The van der Waals surface area contributed by atoms with Crippen molar-refractivity contribution in [2.24, 2.45) is 23.7 Å². The number of carbonyl (C=O) groups excluding carboxylic acids is 1. The average Bonchev–Trinajstić information content (AvgIpc) is 3.59. The molecular formula is C34H48N4O. The van der Waals surface area contributed by atoms with Gasteiger partial charge in [-0.05, 0) is 130 Å². The number of rotatable bonds is 10. The van der Waals surface area contributed by atoms with Crippen LogP contribution in [0.5, 0.6) is 0 Å². The van der Waals surface area contributed by atoms with E-state index in [0.29, 0.717) is 6.04 Å². The third-order valence-corrected chi connectivity index (χ3v) is 10.4. The maximum absolute atomic E-state index is 12.9. The zero-order valence-electron chi connectivity index (χ0n) is 23.8. The van der Waals surface area contributed by atoms with E-state index in [0.717, 1.165) is 42.3 Å². The Labute approximate surface area is 235 Å². The highest BCUT2D eigenvalue weighted by Crippen LogP contribution is 2.44. The normalized spacial score (nSPS) is 26.7. The first-order chi connectivity index (χ1) is 19.2. The fourth-order valence-corrected chi connectivity index (χ4v) is 8.05. The Morgan fingerprint density at radius 2 is 1.46 bits per heavy atom. The first-order valence-electron chi connectivity index (χ1n) is 15.9. The molecule has 3 unspecified atom stereocenters. The number of amides is 1. The van der Waals surface area contributed by atoms with Crippen molar-refractivity contribution in [1.82, 2.24) is 20.1 Å². The minimum Gasteiger partial charge on any atom is -0.349 e. The molecule has 0 radical (unpaired) electrons. The second-order valence-corrected chi connectivity index (χ2v) is 13.2. The van der Waals surface area contributed by atoms with Gasteiger partial charge < -0.3 is 5.32 Å². The van der Waals surface area contributed by atoms with Gasteiger partial charge in [0, 0.05) is 37.1 Å². The van der Waals surface area contributed by atoms with Gasteiger partial charge in [0.05, 0.1) is 0 Å². The lowest BCUT2D eigenvalue weighted by Gasteiger charge is -2.33. The summed E-state index contributed by atoms with van der Waals surface area (Å²) in [7, 11) is 0. The van der Waals surface area contributed by atoms with Gasteiger partial charge in [-0.3, -0.25) is 19.6 Å². The van der Waals surface area contributed by atoms with Crippen molar-refractivity contribution in [2.75, 3.05) is 26.2 Å². The van der Waals surface area contributed by atoms with Crippen LogP contribution in [-0.4, -0.2) is 52.9 Å². The fraction of sp³-hybridized carbons (Fsp3) is 0.647. The monoisotopic (exact) mass is 528 g/mol. The van der Waals surface area contributed by atoms with E-state index in [2.05, 4.69) is 50.4 Å². The largest absolute Gasteiger partial charge is 0.349 e. The van der Waals surface area contributed by atoms with Crippen LogP contribution in [0.3, 0.4) is 0 Å². The molecule has 39 heavy (non-hydrogen) atoms. The molecule has 6 rings (SSSR count). The van der Waals surface area contributed by atoms with Crippen LogP contribution in [0.15, 0.2) is 48.8 Å². The summed E-state index contributed by atoms with van der Waals surface area (Å²) >= 11 is 0. The highest BCUT2D eigenvalue weighted by molar-refractivity contribution is 5.94. The summed E-state index contributed by atoms with van der Waals surface area (Å²) in [6, 6.07) is 13.1. The minimum atomic E-state index is 0.132. The Morgan fingerprint density at radius 3 is 2.08 bits per heavy atom. The fourth-order valence-electron chi connectivity index (χ4n) is 8.05. The van der Waals surface area contributed by atoms with Crippen molar-refractivity contribution >= 4 is 5.91 Å². The molecule has 4 aliphatic rings. The third kappa shape index (κ3) is 7.29. The SMILES string of the molecule is O=C(NC1CC2CCC1C2)c1cccc(CN2CCC(CCCC3CCN(Cc4ccncc4)CC3)CC2)c1. The lowest BCUT2D eigenvalue weighted by molar-refractivity contribution is 0.0922. The van der Waals surface area contributed by atoms with Gasteiger partial charge in [0.15, 0.2) is 0 Å². The number of likely N-dealkylation sites (tertiary alicyclic amines) is 2. The highest BCUT2D eigenvalue weighted by atomic mass is 16.1. The number of carbonyl (C=O) groups is 1. The summed E-state index contributed by atoms with van der Waals surface area (Å²) in [5, 5.41) is 3.36. The molecule has 0 spiro atoms. The quantitative estimate of drug-likeness (QED) is 0.393. The van der Waals surface area contributed by atoms with Crippen LogP contribution in [0.1, 0.15) is 92.1 Å². The molecule has 1 aromatic carbocycles. The summed E-state index contributed by atoms with van der Waals surface area (Å²) in [6.45, 7) is 6.93. The highest BCUT2D eigenvalue weighted by Gasteiger charge is 2.40. The van der Waals surface area contributed by atoms with E-state index in [-0.39, 0.29) is 5.91 Å². The third-order valence-electron chi connectivity index (χ3n) is 10.4. The molecule has 1 aromatic heterocycles. The number of nitrogens with zero attached hydrogens (tertiary/aromatic N) is 3. The van der Waals surface area contributed by atoms with Crippen molar-refractivity contribution < 1.29 is 4.79 Å². The van der Waals surface area contributed by atoms with Crippen molar-refractivity contribution in [3.8, 4) is 0 Å². The van der Waals surface area contributed by atoms with Crippen LogP contribution >= 0.6 is 0 Å². The maximum Gasteiger partial charge on any atom is 0.251 e. The zero-order valence-corrected chi connectivity index (χ0v) is 23.8. The van der Waals surface area contributed by atoms with Gasteiger partial charge in [-0.1, -0.05) is 37.8 Å². The van der Waals surface area contributed by atoms with E-state index in [9.17, 15) is 4.79 Å². The topological polar surface area (TPSA) is 48.5 Å². The first kappa shape index (κ1) is 27.0. The Hall–Kier alpha value is -2.24. The summed E-state index contributed by atoms with van der Waals surface area (Å²) in [6.07, 6.45) is 18.6. The lowest BCUT2D eigenvalue weighted by atomic mass is 9.86. The average molecular weight is 529 g/mol. The second kappa shape index (κ2) is 13.0. The maximum atomic E-state index is 12.9. The van der Waals surface area contributed by atoms with Crippen LogP contribution in [-0.2, 0) is 13.1 Å². The molecular weight excluding hydrogens is 480 g/mol. The molecule has 2 aromatic rings. The smallest absolute Gasteiger partial charge is 0.251 e. The Kier molecular flexibility index (Phi) is 8.95. The number of hydrogen-bond acceptors (Lipinski definition) is 4. The van der Waals surface area contributed by atoms with Gasteiger partial charge in [-0.2, -0.15) is 0 Å². The molecule has 1 N–H and O–H groups in total. The molecule has 2 saturated carbocycles. The Bertz CT molecular complexity index is 1060. The molecule has 3 heterocycles. The number of aromatic nitrogens is 1. The molecule has 2 aliphatic carbocycles. The van der Waals surface area contributed by atoms with Crippen LogP contribution in [0.2, 0.25) is 0 Å². The van der Waals surface area contributed by atoms with Crippen molar-refractivity contribution in [3.63, 3.8) is 0 Å². The van der Waals surface area contributed by atoms with E-state index in [1.54, 1.807) is 0 Å². The van der Waals surface area contributed by atoms with Crippen LogP contribution in [0, 0.1) is 23.7 Å². The van der Waals surface area contributed by atoms with E-state index in [4.69, 9.17) is 0 Å². The lowest BCUT2D eigenvalue weighted by Crippen LogP contribution is -2.38. The standard InChI is InChI=1S/C34H48N4O/c39-34(36-33-23-29-7-8-31(33)21-29)32-6-2-5-30(22-32)25-38-19-13-27(14-20-38)4-1-3-26-11-17-37(18-12-26)24-28-9-15-35-16-10-28/h2,5-6,9-10,15-16,22,26-27,29,31,33H,1,3-4,7-8,11-14,17-21,23-25H2,(H,36,39). The second-order valence-electron chi connectivity index (χ2n) is 13.2. The number of piperidine rings is 2. The van der Waals surface area contributed by atoms with Crippen molar-refractivity contribution in [3.05, 3.63) is 65.5 Å². The van der Waals surface area contributed by atoms with Crippen molar-refractivity contribution in [1.29, 1.82) is 0 Å². The van der Waals surface area contributed by atoms with Gasteiger partial charge in [-0.15, -0.1) is 0 Å². The number of fused-ring (bicyclic) bond motifs is 2. The van der Waals surface area contributed by atoms with Crippen LogP contribution in [0.25, 0.3) is 0 Å². The van der Waals surface area contributed by atoms with Crippen molar-refractivity contribution in [2.45, 2.75) is 89.8 Å². The van der Waals surface area contributed by atoms with E-state index >= 15 is 0 Å². The minimum absolute atomic E-state index is 0.132. The van der Waals surface area contributed by atoms with Gasteiger partial charge >= 0.3 is 0 Å². The number of hydrogen-bond donors (Lipinski definition) is 1. The van der Waals surface area contributed by atoms with Gasteiger partial charge in [0.2, 0.25) is 0 Å². The van der Waals surface area contributed by atoms with Crippen LogP contribution < -0.4 is 5.32 Å². The number of nitrogens with one attached hydrogen (secondary N) is 1. The zero-order chi connectivity index (χ0) is 26.4. The molecule has 5 heteroatoms. The molecule has 4 fully saturated rings. The first-order valence-corrected chi connectivity index (χ1v) is 15.9. The molecule has 2 saturated heterocycles. The van der Waals surface area contributed by atoms with Gasteiger partial charge in [0.1, 0.15) is 0 Å². The van der Waals surface area contributed by atoms with Crippen LogP contribution in [0.4, 0.5) is 0 Å². The Balaban J connectivity index is 0.866. The van der Waals surface area contributed by atoms with E-state index < -0.39 is 0 Å². The van der Waals surface area contributed by atoms with E-state index in [1.807, 2.05) is 18.5 Å². The number of pyridine rings is 1. The Morgan fingerprint density at radius 1 is 0.795 bits per heavy atom. The molecule has 2 bridgehead atoms.